The molecule has 0 radical (unpaired) electrons. The number of aromatic nitrogens is 3. The summed E-state index contributed by atoms with van der Waals surface area (Å²) in [6.07, 6.45) is 4.12. The average molecular weight is 395 g/mol. The van der Waals surface area contributed by atoms with Gasteiger partial charge >= 0.3 is 0 Å². The summed E-state index contributed by atoms with van der Waals surface area (Å²) in [6.45, 7) is 11.9. The Balaban J connectivity index is 2.21. The highest BCUT2D eigenvalue weighted by Crippen LogP contribution is 2.32. The van der Waals surface area contributed by atoms with Gasteiger partial charge in [0.2, 0.25) is 0 Å². The Labute approximate surface area is 174 Å². The molecule has 0 saturated carbocycles. The minimum absolute atomic E-state index is 0.306. The minimum atomic E-state index is 0.306. The normalized spacial score (nSPS) is 12.8. The second-order valence-electron chi connectivity index (χ2n) is 8.04. The first kappa shape index (κ1) is 21.5. The number of pyridine rings is 2. The molecule has 0 aromatic carbocycles. The van der Waals surface area contributed by atoms with Crippen molar-refractivity contribution < 1.29 is 4.74 Å². The van der Waals surface area contributed by atoms with Gasteiger partial charge in [0.15, 0.2) is 0 Å². The van der Waals surface area contributed by atoms with Gasteiger partial charge in [-0.2, -0.15) is 0 Å². The molecule has 0 aliphatic carbocycles. The number of hydrogen-bond acceptors (Lipinski definition) is 4. The molecule has 0 spiro atoms. The summed E-state index contributed by atoms with van der Waals surface area (Å²) in [5.74, 6) is 0.374. The summed E-state index contributed by atoms with van der Waals surface area (Å²) in [5, 5.41) is 0. The van der Waals surface area contributed by atoms with Gasteiger partial charge in [0, 0.05) is 31.1 Å². The molecule has 29 heavy (non-hydrogen) atoms. The van der Waals surface area contributed by atoms with E-state index in [2.05, 4.69) is 63.6 Å². The lowest BCUT2D eigenvalue weighted by Gasteiger charge is -2.18. The average Bonchev–Trinajstić information content (AvgIpc) is 3.05. The van der Waals surface area contributed by atoms with Crippen LogP contribution in [0.5, 0.6) is 0 Å². The van der Waals surface area contributed by atoms with E-state index in [-0.39, 0.29) is 0 Å². The molecule has 5 heteroatoms. The molecular formula is C24H34N4O. The third-order valence-corrected chi connectivity index (χ3v) is 5.71. The van der Waals surface area contributed by atoms with E-state index in [0.717, 1.165) is 41.0 Å². The maximum absolute atomic E-state index is 6.08. The number of fused-ring (bicyclic) bond motifs is 1. The van der Waals surface area contributed by atoms with E-state index in [1.807, 2.05) is 0 Å². The van der Waals surface area contributed by atoms with Crippen LogP contribution in [0.3, 0.4) is 0 Å². The fourth-order valence-corrected chi connectivity index (χ4v) is 3.97. The lowest BCUT2D eigenvalue weighted by atomic mass is 9.99. The molecule has 2 N–H and O–H groups in total. The van der Waals surface area contributed by atoms with E-state index in [0.29, 0.717) is 25.1 Å². The van der Waals surface area contributed by atoms with Gasteiger partial charge in [-0.3, -0.25) is 4.98 Å². The van der Waals surface area contributed by atoms with Crippen molar-refractivity contribution in [1.29, 1.82) is 0 Å². The highest BCUT2D eigenvalue weighted by Gasteiger charge is 2.19. The van der Waals surface area contributed by atoms with Crippen molar-refractivity contribution in [1.82, 2.24) is 14.5 Å². The van der Waals surface area contributed by atoms with Gasteiger partial charge in [0.25, 0.3) is 0 Å². The first-order chi connectivity index (χ1) is 13.9. The molecule has 0 saturated heterocycles. The highest BCUT2D eigenvalue weighted by atomic mass is 16.5. The van der Waals surface area contributed by atoms with Crippen LogP contribution in [0.4, 0.5) is 0 Å². The molecule has 0 bridgehead atoms. The maximum atomic E-state index is 6.08. The minimum Gasteiger partial charge on any atom is -0.383 e. The Morgan fingerprint density at radius 2 is 1.93 bits per heavy atom. The monoisotopic (exact) mass is 394 g/mol. The number of methoxy groups -OCH3 is 1. The number of nitrogens with zero attached hydrogens (tertiary/aromatic N) is 3. The van der Waals surface area contributed by atoms with Crippen molar-refractivity contribution in [3.05, 3.63) is 46.9 Å². The first-order valence-electron chi connectivity index (χ1n) is 10.6. The zero-order valence-corrected chi connectivity index (χ0v) is 18.6. The standard InChI is InChI=1S/C24H34N4O/c1-7-17-11-22-23(16(5)13-28(22)18(8-2)14-29-6)27-24(17)19-9-10-20(15(3)4)26-21(19)12-25/h9-11,13,15,18H,7-8,12,14,25H2,1-6H3/t18-/m1/s1. The molecular weight excluding hydrogens is 360 g/mol. The molecule has 0 aliphatic heterocycles. The van der Waals surface area contributed by atoms with Crippen LogP contribution in [-0.2, 0) is 17.7 Å². The fraction of sp³-hybridized carbons (Fsp3) is 0.500. The predicted molar refractivity (Wildman–Crippen MR) is 120 cm³/mol. The van der Waals surface area contributed by atoms with Gasteiger partial charge in [-0.05, 0) is 55.0 Å². The molecule has 156 valence electrons. The van der Waals surface area contributed by atoms with Crippen molar-refractivity contribution in [3.8, 4) is 11.3 Å². The summed E-state index contributed by atoms with van der Waals surface area (Å²) in [7, 11) is 1.76. The molecule has 0 aliphatic rings. The fourth-order valence-electron chi connectivity index (χ4n) is 3.97. The molecule has 3 aromatic heterocycles. The topological polar surface area (TPSA) is 66.0 Å². The third-order valence-electron chi connectivity index (χ3n) is 5.71. The van der Waals surface area contributed by atoms with Crippen molar-refractivity contribution in [3.63, 3.8) is 0 Å². The van der Waals surface area contributed by atoms with E-state index in [4.69, 9.17) is 20.4 Å². The van der Waals surface area contributed by atoms with Crippen molar-refractivity contribution >= 4 is 11.0 Å². The number of nitrogens with two attached hydrogens (primary N) is 1. The predicted octanol–water partition coefficient (Wildman–Crippen LogP) is 5.15. The summed E-state index contributed by atoms with van der Waals surface area (Å²) in [5.41, 5.74) is 14.7. The van der Waals surface area contributed by atoms with Crippen LogP contribution in [0.25, 0.3) is 22.3 Å². The largest absolute Gasteiger partial charge is 0.383 e. The molecule has 0 fully saturated rings. The second kappa shape index (κ2) is 9.06. The summed E-state index contributed by atoms with van der Waals surface area (Å²) in [4.78, 5) is 9.97. The van der Waals surface area contributed by atoms with E-state index >= 15 is 0 Å². The zero-order valence-electron chi connectivity index (χ0n) is 18.6. The Hall–Kier alpha value is -2.24. The van der Waals surface area contributed by atoms with Crippen LogP contribution in [0.1, 0.15) is 68.6 Å². The maximum Gasteiger partial charge on any atom is 0.0917 e. The summed E-state index contributed by atoms with van der Waals surface area (Å²) in [6, 6.07) is 6.85. The van der Waals surface area contributed by atoms with E-state index in [9.17, 15) is 0 Å². The number of aryl methyl sites for hydroxylation is 2. The Kier molecular flexibility index (Phi) is 6.70. The molecule has 5 nitrogen and oxygen atoms in total. The van der Waals surface area contributed by atoms with Crippen molar-refractivity contribution in [2.45, 2.75) is 66.0 Å². The van der Waals surface area contributed by atoms with Gasteiger partial charge in [-0.15, -0.1) is 0 Å². The van der Waals surface area contributed by atoms with Gasteiger partial charge in [-0.1, -0.05) is 27.7 Å². The van der Waals surface area contributed by atoms with Crippen LogP contribution in [0.15, 0.2) is 24.4 Å². The zero-order chi connectivity index (χ0) is 21.1. The Bertz CT molecular complexity index is 990. The Morgan fingerprint density at radius 1 is 1.17 bits per heavy atom. The smallest absolute Gasteiger partial charge is 0.0917 e. The van der Waals surface area contributed by atoms with E-state index in [1.165, 1.54) is 16.6 Å². The number of rotatable bonds is 8. The number of hydrogen-bond donors (Lipinski definition) is 1. The van der Waals surface area contributed by atoms with Crippen LogP contribution in [0.2, 0.25) is 0 Å². The van der Waals surface area contributed by atoms with Gasteiger partial charge < -0.3 is 15.0 Å². The van der Waals surface area contributed by atoms with E-state index < -0.39 is 0 Å². The second-order valence-corrected chi connectivity index (χ2v) is 8.04. The first-order valence-corrected chi connectivity index (χ1v) is 10.6. The van der Waals surface area contributed by atoms with Crippen LogP contribution in [-0.4, -0.2) is 28.3 Å². The lowest BCUT2D eigenvalue weighted by Crippen LogP contribution is -2.13. The van der Waals surface area contributed by atoms with Crippen molar-refractivity contribution in [2.75, 3.05) is 13.7 Å². The highest BCUT2D eigenvalue weighted by molar-refractivity contribution is 5.84. The number of ether oxygens (including phenoxy) is 1. The summed E-state index contributed by atoms with van der Waals surface area (Å²) >= 11 is 0. The van der Waals surface area contributed by atoms with Crippen molar-refractivity contribution in [2.24, 2.45) is 5.73 Å². The van der Waals surface area contributed by atoms with Gasteiger partial charge in [0.05, 0.1) is 35.1 Å². The summed E-state index contributed by atoms with van der Waals surface area (Å²) < 4.78 is 7.78. The molecule has 3 heterocycles. The van der Waals surface area contributed by atoms with Crippen LogP contribution >= 0.6 is 0 Å². The van der Waals surface area contributed by atoms with Gasteiger partial charge in [0.1, 0.15) is 0 Å². The van der Waals surface area contributed by atoms with Crippen LogP contribution in [0, 0.1) is 6.92 Å². The van der Waals surface area contributed by atoms with E-state index in [1.54, 1.807) is 7.11 Å². The molecule has 3 rings (SSSR count). The molecule has 1 atom stereocenters. The SMILES string of the molecule is CCc1cc2c(nc1-c1ccc(C(C)C)nc1CN)c(C)cn2[C@H](CC)COC. The molecule has 0 amide bonds. The van der Waals surface area contributed by atoms with Gasteiger partial charge in [-0.25, -0.2) is 4.98 Å². The quantitative estimate of drug-likeness (QED) is 0.574. The van der Waals surface area contributed by atoms with Crippen LogP contribution < -0.4 is 5.73 Å². The molecule has 3 aromatic rings. The lowest BCUT2D eigenvalue weighted by molar-refractivity contribution is 0.155. The third kappa shape index (κ3) is 4.07. The Morgan fingerprint density at radius 3 is 2.52 bits per heavy atom. The molecule has 0 unspecified atom stereocenters.